The van der Waals surface area contributed by atoms with Gasteiger partial charge in [0, 0.05) is 12.5 Å². The van der Waals surface area contributed by atoms with E-state index in [1.165, 1.54) is 4.31 Å². The number of carbonyl (C=O) groups is 1. The minimum atomic E-state index is -3.32. The predicted molar refractivity (Wildman–Crippen MR) is 68.2 cm³/mol. The van der Waals surface area contributed by atoms with Crippen LogP contribution in [0.5, 0.6) is 0 Å². The lowest BCUT2D eigenvalue weighted by molar-refractivity contribution is -0.126. The van der Waals surface area contributed by atoms with Crippen molar-refractivity contribution in [3.05, 3.63) is 0 Å². The van der Waals surface area contributed by atoms with Crippen LogP contribution in [-0.2, 0) is 14.8 Å². The maximum Gasteiger partial charge on any atom is 0.217 e. The van der Waals surface area contributed by atoms with Crippen LogP contribution in [-0.4, -0.2) is 36.3 Å². The fourth-order valence-corrected chi connectivity index (χ4v) is 3.64. The van der Waals surface area contributed by atoms with E-state index in [1.807, 2.05) is 13.8 Å². The summed E-state index contributed by atoms with van der Waals surface area (Å²) in [6, 6.07) is -0.434. The highest BCUT2D eigenvalue weighted by molar-refractivity contribution is 7.89. The first-order valence-electron chi connectivity index (χ1n) is 6.33. The standard InChI is InChI=1S/C12H23NO3S/c1-9(2)12(14)11-7-5-6-8-13(11)17(15,16)10(3)4/h9-11H,5-8H2,1-4H3/t11-/m0/s1. The van der Waals surface area contributed by atoms with Crippen LogP contribution in [0.1, 0.15) is 47.0 Å². The van der Waals surface area contributed by atoms with Crippen molar-refractivity contribution in [3.63, 3.8) is 0 Å². The number of carbonyl (C=O) groups excluding carboxylic acids is 1. The molecule has 0 aromatic heterocycles. The van der Waals surface area contributed by atoms with E-state index >= 15 is 0 Å². The van der Waals surface area contributed by atoms with Gasteiger partial charge in [-0.15, -0.1) is 0 Å². The second-order valence-corrected chi connectivity index (χ2v) is 7.71. The average molecular weight is 261 g/mol. The van der Waals surface area contributed by atoms with Gasteiger partial charge in [0.15, 0.2) is 5.78 Å². The molecule has 0 aromatic carbocycles. The van der Waals surface area contributed by atoms with Crippen LogP contribution in [0.2, 0.25) is 0 Å². The zero-order valence-corrected chi connectivity index (χ0v) is 12.0. The Hall–Kier alpha value is -0.420. The van der Waals surface area contributed by atoms with Gasteiger partial charge < -0.3 is 0 Å². The molecule has 0 radical (unpaired) electrons. The van der Waals surface area contributed by atoms with E-state index < -0.39 is 21.3 Å². The summed E-state index contributed by atoms with van der Waals surface area (Å²) in [6.45, 7) is 7.49. The van der Waals surface area contributed by atoms with Crippen molar-refractivity contribution in [3.8, 4) is 0 Å². The van der Waals surface area contributed by atoms with Gasteiger partial charge in [-0.05, 0) is 26.7 Å². The van der Waals surface area contributed by atoms with E-state index in [2.05, 4.69) is 0 Å². The Kier molecular flexibility index (Phi) is 4.72. The Labute approximate surface area is 104 Å². The van der Waals surface area contributed by atoms with Crippen LogP contribution in [0, 0.1) is 5.92 Å². The Balaban J connectivity index is 2.99. The highest BCUT2D eigenvalue weighted by Gasteiger charge is 2.38. The monoisotopic (exact) mass is 261 g/mol. The molecule has 1 saturated heterocycles. The minimum absolute atomic E-state index is 0.0499. The summed E-state index contributed by atoms with van der Waals surface area (Å²) in [5, 5.41) is -0.455. The topological polar surface area (TPSA) is 54.5 Å². The second-order valence-electron chi connectivity index (χ2n) is 5.27. The molecule has 0 aromatic rings. The molecule has 100 valence electrons. The molecule has 0 amide bonds. The molecule has 0 saturated carbocycles. The lowest BCUT2D eigenvalue weighted by Crippen LogP contribution is -2.51. The van der Waals surface area contributed by atoms with Gasteiger partial charge in [-0.1, -0.05) is 20.3 Å². The summed E-state index contributed by atoms with van der Waals surface area (Å²) in [7, 11) is -3.32. The summed E-state index contributed by atoms with van der Waals surface area (Å²) < 4.78 is 25.8. The van der Waals surface area contributed by atoms with Crippen LogP contribution in [0.15, 0.2) is 0 Å². The maximum absolute atomic E-state index is 12.2. The molecule has 0 aliphatic carbocycles. The first-order valence-corrected chi connectivity index (χ1v) is 7.83. The third-order valence-corrected chi connectivity index (χ3v) is 5.56. The Morgan fingerprint density at radius 1 is 1.18 bits per heavy atom. The summed E-state index contributed by atoms with van der Waals surface area (Å²) in [5.41, 5.74) is 0. The van der Waals surface area contributed by atoms with Crippen molar-refractivity contribution >= 4 is 15.8 Å². The third-order valence-electron chi connectivity index (χ3n) is 3.27. The molecular weight excluding hydrogens is 238 g/mol. The van der Waals surface area contributed by atoms with E-state index in [0.29, 0.717) is 13.0 Å². The van der Waals surface area contributed by atoms with Crippen LogP contribution in [0.4, 0.5) is 0 Å². The van der Waals surface area contributed by atoms with Crippen molar-refractivity contribution in [2.24, 2.45) is 5.92 Å². The minimum Gasteiger partial charge on any atom is -0.298 e. The second kappa shape index (κ2) is 5.48. The summed E-state index contributed by atoms with van der Waals surface area (Å²) >= 11 is 0. The van der Waals surface area contributed by atoms with Crippen LogP contribution in [0.3, 0.4) is 0 Å². The molecule has 1 aliphatic rings. The highest BCUT2D eigenvalue weighted by atomic mass is 32.2. The van der Waals surface area contributed by atoms with Crippen molar-refractivity contribution < 1.29 is 13.2 Å². The third kappa shape index (κ3) is 3.07. The van der Waals surface area contributed by atoms with E-state index in [0.717, 1.165) is 12.8 Å². The van der Waals surface area contributed by atoms with Gasteiger partial charge in [-0.2, -0.15) is 4.31 Å². The largest absolute Gasteiger partial charge is 0.298 e. The molecule has 0 unspecified atom stereocenters. The highest BCUT2D eigenvalue weighted by Crippen LogP contribution is 2.25. The first-order chi connectivity index (χ1) is 7.78. The normalized spacial score (nSPS) is 23.3. The molecule has 0 N–H and O–H groups in total. The van der Waals surface area contributed by atoms with Crippen molar-refractivity contribution in [1.82, 2.24) is 4.31 Å². The number of nitrogens with zero attached hydrogens (tertiary/aromatic N) is 1. The first kappa shape index (κ1) is 14.6. The Bertz CT molecular complexity index is 373. The van der Waals surface area contributed by atoms with Gasteiger partial charge in [0.1, 0.15) is 0 Å². The maximum atomic E-state index is 12.2. The van der Waals surface area contributed by atoms with Gasteiger partial charge in [0.05, 0.1) is 11.3 Å². The number of ketones is 1. The average Bonchev–Trinajstić information content (AvgIpc) is 2.27. The lowest BCUT2D eigenvalue weighted by Gasteiger charge is -2.35. The lowest BCUT2D eigenvalue weighted by atomic mass is 9.95. The van der Waals surface area contributed by atoms with E-state index in [9.17, 15) is 13.2 Å². The molecule has 0 bridgehead atoms. The molecule has 1 aliphatic heterocycles. The van der Waals surface area contributed by atoms with Gasteiger partial charge in [-0.25, -0.2) is 8.42 Å². The summed E-state index contributed by atoms with van der Waals surface area (Å²) in [4.78, 5) is 12.1. The molecular formula is C12H23NO3S. The smallest absolute Gasteiger partial charge is 0.217 e. The van der Waals surface area contributed by atoms with E-state index in [1.54, 1.807) is 13.8 Å². The van der Waals surface area contributed by atoms with E-state index in [4.69, 9.17) is 0 Å². The van der Waals surface area contributed by atoms with Crippen LogP contribution in [0.25, 0.3) is 0 Å². The Morgan fingerprint density at radius 2 is 1.76 bits per heavy atom. The molecule has 17 heavy (non-hydrogen) atoms. The number of sulfonamides is 1. The van der Waals surface area contributed by atoms with Crippen LogP contribution < -0.4 is 0 Å². The molecule has 1 heterocycles. The fourth-order valence-electron chi connectivity index (χ4n) is 2.15. The molecule has 1 rings (SSSR count). The molecule has 4 nitrogen and oxygen atoms in total. The van der Waals surface area contributed by atoms with Crippen LogP contribution >= 0.6 is 0 Å². The summed E-state index contributed by atoms with van der Waals surface area (Å²) in [6.07, 6.45) is 2.46. The van der Waals surface area contributed by atoms with Gasteiger partial charge in [0.25, 0.3) is 0 Å². The van der Waals surface area contributed by atoms with Gasteiger partial charge in [-0.3, -0.25) is 4.79 Å². The molecule has 1 atom stereocenters. The molecule has 0 spiro atoms. The quantitative estimate of drug-likeness (QED) is 0.775. The predicted octanol–water partition coefficient (Wildman–Crippen LogP) is 1.80. The van der Waals surface area contributed by atoms with Crippen molar-refractivity contribution in [2.75, 3.05) is 6.54 Å². The molecule has 1 fully saturated rings. The molecule has 5 heteroatoms. The van der Waals surface area contributed by atoms with Gasteiger partial charge in [0.2, 0.25) is 10.0 Å². The zero-order chi connectivity index (χ0) is 13.2. The van der Waals surface area contributed by atoms with Crippen molar-refractivity contribution in [2.45, 2.75) is 58.2 Å². The Morgan fingerprint density at radius 3 is 2.24 bits per heavy atom. The SMILES string of the molecule is CC(C)C(=O)[C@@H]1CCCCN1S(=O)(=O)C(C)C. The van der Waals surface area contributed by atoms with Gasteiger partial charge >= 0.3 is 0 Å². The number of Topliss-reactive ketones (excluding diaryl/α,β-unsaturated/α-hetero) is 1. The number of hydrogen-bond donors (Lipinski definition) is 0. The zero-order valence-electron chi connectivity index (χ0n) is 11.1. The van der Waals surface area contributed by atoms with E-state index in [-0.39, 0.29) is 11.7 Å². The summed E-state index contributed by atoms with van der Waals surface area (Å²) in [5.74, 6) is -0.0584. The number of piperidine rings is 1. The number of rotatable bonds is 4. The fraction of sp³-hybridized carbons (Fsp3) is 0.917. The number of hydrogen-bond acceptors (Lipinski definition) is 3. The van der Waals surface area contributed by atoms with Crippen molar-refractivity contribution in [1.29, 1.82) is 0 Å².